The van der Waals surface area contributed by atoms with E-state index in [0.717, 1.165) is 41.1 Å². The lowest BCUT2D eigenvalue weighted by molar-refractivity contribution is 0.232. The molecule has 6 nitrogen and oxygen atoms in total. The summed E-state index contributed by atoms with van der Waals surface area (Å²) in [6.45, 7) is 8.78. The fraction of sp³-hybridized carbons (Fsp3) is 0.429. The number of rotatable bonds is 7. The van der Waals surface area contributed by atoms with Crippen molar-refractivity contribution in [1.29, 1.82) is 0 Å². The van der Waals surface area contributed by atoms with Crippen LogP contribution in [0.2, 0.25) is 0 Å². The molecule has 0 amide bonds. The van der Waals surface area contributed by atoms with Crippen molar-refractivity contribution < 1.29 is 0 Å². The van der Waals surface area contributed by atoms with E-state index in [2.05, 4.69) is 48.2 Å². The van der Waals surface area contributed by atoms with E-state index in [-0.39, 0.29) is 11.0 Å². The van der Waals surface area contributed by atoms with Crippen molar-refractivity contribution in [3.05, 3.63) is 58.0 Å². The smallest absolute Gasteiger partial charge is 0.254 e. The van der Waals surface area contributed by atoms with E-state index in [1.165, 1.54) is 0 Å². The van der Waals surface area contributed by atoms with E-state index in [1.807, 2.05) is 43.3 Å². The van der Waals surface area contributed by atoms with Crippen LogP contribution in [0.4, 0.5) is 0 Å². The average molecular weight is 367 g/mol. The van der Waals surface area contributed by atoms with Crippen LogP contribution in [0.5, 0.6) is 0 Å². The molecule has 0 aliphatic rings. The van der Waals surface area contributed by atoms with Crippen LogP contribution in [0.3, 0.4) is 0 Å². The fourth-order valence-corrected chi connectivity index (χ4v) is 3.59. The SMILES string of the molecule is Cc1nn(-c2ccccc2)c2[nH]c(=O)c(CNCC(C)(C)CN(C)C)cc12. The number of hydrogen-bond donors (Lipinski definition) is 2. The lowest BCUT2D eigenvalue weighted by Gasteiger charge is -2.28. The highest BCUT2D eigenvalue weighted by atomic mass is 16.1. The predicted octanol–water partition coefficient (Wildman–Crippen LogP) is 2.70. The number of nitrogens with one attached hydrogen (secondary N) is 2. The monoisotopic (exact) mass is 367 g/mol. The number of pyridine rings is 1. The maximum Gasteiger partial charge on any atom is 0.254 e. The first-order chi connectivity index (χ1) is 12.8. The zero-order chi connectivity index (χ0) is 19.6. The molecule has 2 heterocycles. The van der Waals surface area contributed by atoms with Gasteiger partial charge in [0.15, 0.2) is 0 Å². The van der Waals surface area contributed by atoms with Crippen molar-refractivity contribution in [2.75, 3.05) is 27.2 Å². The number of benzene rings is 1. The molecule has 0 fully saturated rings. The van der Waals surface area contributed by atoms with Gasteiger partial charge in [0.1, 0.15) is 5.65 Å². The molecule has 0 bridgehead atoms. The molecule has 0 saturated heterocycles. The second-order valence-electron chi connectivity index (χ2n) is 8.22. The topological polar surface area (TPSA) is 66.0 Å². The molecule has 2 aromatic heterocycles. The Morgan fingerprint density at radius 3 is 2.59 bits per heavy atom. The van der Waals surface area contributed by atoms with E-state index in [4.69, 9.17) is 0 Å². The third-order valence-corrected chi connectivity index (χ3v) is 4.61. The molecule has 0 aliphatic heterocycles. The molecule has 1 aromatic carbocycles. The molecule has 0 saturated carbocycles. The normalized spacial score (nSPS) is 12.2. The minimum absolute atomic E-state index is 0.0718. The van der Waals surface area contributed by atoms with Gasteiger partial charge < -0.3 is 15.2 Å². The Hall–Kier alpha value is -2.44. The summed E-state index contributed by atoms with van der Waals surface area (Å²) in [5.74, 6) is 0. The lowest BCUT2D eigenvalue weighted by Crippen LogP contribution is -2.38. The van der Waals surface area contributed by atoms with Gasteiger partial charge >= 0.3 is 0 Å². The highest BCUT2D eigenvalue weighted by Gasteiger charge is 2.19. The number of aromatic nitrogens is 3. The van der Waals surface area contributed by atoms with Crippen molar-refractivity contribution in [3.63, 3.8) is 0 Å². The summed E-state index contributed by atoms with van der Waals surface area (Å²) in [7, 11) is 4.15. The Morgan fingerprint density at radius 2 is 1.93 bits per heavy atom. The summed E-state index contributed by atoms with van der Waals surface area (Å²) >= 11 is 0. The van der Waals surface area contributed by atoms with Crippen LogP contribution >= 0.6 is 0 Å². The van der Waals surface area contributed by atoms with Gasteiger partial charge in [-0.15, -0.1) is 0 Å². The first-order valence-electron chi connectivity index (χ1n) is 9.29. The van der Waals surface area contributed by atoms with Crippen molar-refractivity contribution in [3.8, 4) is 5.69 Å². The van der Waals surface area contributed by atoms with Crippen LogP contribution in [0.15, 0.2) is 41.2 Å². The third-order valence-electron chi connectivity index (χ3n) is 4.61. The average Bonchev–Trinajstić information content (AvgIpc) is 2.90. The maximum absolute atomic E-state index is 12.6. The molecule has 3 aromatic rings. The molecule has 0 aliphatic carbocycles. The second kappa shape index (κ2) is 7.66. The van der Waals surface area contributed by atoms with E-state index in [0.29, 0.717) is 6.54 Å². The highest BCUT2D eigenvalue weighted by Crippen LogP contribution is 2.20. The van der Waals surface area contributed by atoms with Gasteiger partial charge in [-0.25, -0.2) is 4.68 Å². The minimum Gasteiger partial charge on any atom is -0.312 e. The number of nitrogens with zero attached hydrogens (tertiary/aromatic N) is 3. The second-order valence-corrected chi connectivity index (χ2v) is 8.22. The summed E-state index contributed by atoms with van der Waals surface area (Å²) in [5, 5.41) is 9.03. The van der Waals surface area contributed by atoms with E-state index < -0.39 is 0 Å². The van der Waals surface area contributed by atoms with E-state index >= 15 is 0 Å². The Balaban J connectivity index is 1.84. The molecular weight excluding hydrogens is 338 g/mol. The van der Waals surface area contributed by atoms with Crippen molar-refractivity contribution >= 4 is 11.0 Å². The molecule has 0 radical (unpaired) electrons. The van der Waals surface area contributed by atoms with Gasteiger partial charge in [-0.3, -0.25) is 4.79 Å². The lowest BCUT2D eigenvalue weighted by atomic mass is 9.93. The summed E-state index contributed by atoms with van der Waals surface area (Å²) in [5.41, 5.74) is 3.37. The summed E-state index contributed by atoms with van der Waals surface area (Å²) in [4.78, 5) is 17.8. The van der Waals surface area contributed by atoms with Gasteiger partial charge in [-0.2, -0.15) is 5.10 Å². The molecule has 6 heteroatoms. The highest BCUT2D eigenvalue weighted by molar-refractivity contribution is 5.80. The standard InChI is InChI=1S/C21H29N5O/c1-15-18-11-16(12-22-13-21(2,3)14-25(4)5)20(27)23-19(18)26(24-15)17-9-7-6-8-10-17/h6-11,22H,12-14H2,1-5H3,(H,23,27). The maximum atomic E-state index is 12.6. The van der Waals surface area contributed by atoms with Gasteiger partial charge in [0.05, 0.1) is 11.4 Å². The summed E-state index contributed by atoms with van der Waals surface area (Å²) in [6, 6.07) is 11.8. The molecule has 3 rings (SSSR count). The summed E-state index contributed by atoms with van der Waals surface area (Å²) < 4.78 is 1.80. The molecule has 0 atom stereocenters. The first kappa shape index (κ1) is 19.3. The van der Waals surface area contributed by atoms with Gasteiger partial charge in [0.2, 0.25) is 0 Å². The van der Waals surface area contributed by atoms with Crippen molar-refractivity contribution in [1.82, 2.24) is 25.0 Å². The van der Waals surface area contributed by atoms with Crippen molar-refractivity contribution in [2.24, 2.45) is 5.41 Å². The number of hydrogen-bond acceptors (Lipinski definition) is 4. The number of para-hydroxylation sites is 1. The van der Waals surface area contributed by atoms with Crippen LogP contribution in [0.1, 0.15) is 25.1 Å². The molecule has 2 N–H and O–H groups in total. The van der Waals surface area contributed by atoms with Gasteiger partial charge in [0.25, 0.3) is 5.56 Å². The molecular formula is C21H29N5O. The van der Waals surface area contributed by atoms with Crippen LogP contribution in [0.25, 0.3) is 16.7 Å². The van der Waals surface area contributed by atoms with Crippen LogP contribution in [-0.4, -0.2) is 46.8 Å². The number of aryl methyl sites for hydroxylation is 1. The number of aromatic amines is 1. The Morgan fingerprint density at radius 1 is 1.22 bits per heavy atom. The molecule has 144 valence electrons. The van der Waals surface area contributed by atoms with E-state index in [1.54, 1.807) is 4.68 Å². The number of H-pyrrole nitrogens is 1. The molecule has 0 spiro atoms. The summed E-state index contributed by atoms with van der Waals surface area (Å²) in [6.07, 6.45) is 0. The largest absolute Gasteiger partial charge is 0.312 e. The van der Waals surface area contributed by atoms with Crippen LogP contribution < -0.4 is 10.9 Å². The Kier molecular flexibility index (Phi) is 5.48. The van der Waals surface area contributed by atoms with Crippen LogP contribution in [-0.2, 0) is 6.54 Å². The van der Waals surface area contributed by atoms with Crippen LogP contribution in [0, 0.1) is 12.3 Å². The quantitative estimate of drug-likeness (QED) is 0.674. The minimum atomic E-state index is -0.0718. The van der Waals surface area contributed by atoms with Gasteiger partial charge in [0, 0.05) is 30.6 Å². The fourth-order valence-electron chi connectivity index (χ4n) is 3.59. The predicted molar refractivity (Wildman–Crippen MR) is 110 cm³/mol. The molecule has 0 unspecified atom stereocenters. The third kappa shape index (κ3) is 4.46. The van der Waals surface area contributed by atoms with Crippen molar-refractivity contribution in [2.45, 2.75) is 27.3 Å². The number of fused-ring (bicyclic) bond motifs is 1. The molecule has 27 heavy (non-hydrogen) atoms. The zero-order valence-corrected chi connectivity index (χ0v) is 16.8. The van der Waals surface area contributed by atoms with Gasteiger partial charge in [-0.05, 0) is 44.6 Å². The van der Waals surface area contributed by atoms with Gasteiger partial charge in [-0.1, -0.05) is 32.0 Å². The first-order valence-corrected chi connectivity index (χ1v) is 9.29. The van der Waals surface area contributed by atoms with E-state index in [9.17, 15) is 4.79 Å². The Labute approximate surface area is 160 Å². The zero-order valence-electron chi connectivity index (χ0n) is 16.8. The Bertz CT molecular complexity index is 969.